The molecule has 0 aromatic rings. The summed E-state index contributed by atoms with van der Waals surface area (Å²) < 4.78 is 0. The molecule has 0 radical (unpaired) electrons. The van der Waals surface area contributed by atoms with Gasteiger partial charge >= 0.3 is 0 Å². The Kier molecular flexibility index (Phi) is 7.01. The summed E-state index contributed by atoms with van der Waals surface area (Å²) in [5.74, 6) is 0.466. The van der Waals surface area contributed by atoms with Crippen molar-refractivity contribution in [2.75, 3.05) is 7.05 Å². The summed E-state index contributed by atoms with van der Waals surface area (Å²) in [6.07, 6.45) is 12.9. The number of nitrogens with two attached hydrogens (primary N) is 1. The first kappa shape index (κ1) is 13.9. The first-order valence-electron chi connectivity index (χ1n) is 6.89. The van der Waals surface area contributed by atoms with Crippen LogP contribution < -0.4 is 5.73 Å². The van der Waals surface area contributed by atoms with Gasteiger partial charge in [0.2, 0.25) is 0 Å². The van der Waals surface area contributed by atoms with Gasteiger partial charge in [-0.25, -0.2) is 0 Å². The minimum Gasteiger partial charge on any atom is -0.314 e. The second kappa shape index (κ2) is 8.04. The summed E-state index contributed by atoms with van der Waals surface area (Å²) in [7, 11) is 1.66. The molecule has 1 unspecified atom stereocenters. The Morgan fingerprint density at radius 3 is 1.69 bits per heavy atom. The second-order valence-electron chi connectivity index (χ2n) is 5.23. The SMILES string of the molecule is CN(O)C(N)C1CCCCCCCCCC1. The molecule has 0 aromatic heterocycles. The Balaban J connectivity index is 2.38. The van der Waals surface area contributed by atoms with Crippen molar-refractivity contribution in [3.8, 4) is 0 Å². The summed E-state index contributed by atoms with van der Waals surface area (Å²) in [6.45, 7) is 0. The molecule has 1 saturated carbocycles. The molecule has 3 heteroatoms. The van der Waals surface area contributed by atoms with Gasteiger partial charge in [0.1, 0.15) is 0 Å². The third-order valence-electron chi connectivity index (χ3n) is 3.81. The van der Waals surface area contributed by atoms with Crippen molar-refractivity contribution in [2.24, 2.45) is 11.7 Å². The van der Waals surface area contributed by atoms with Gasteiger partial charge in [-0.15, -0.1) is 0 Å². The zero-order chi connectivity index (χ0) is 11.8. The standard InChI is InChI=1S/C13H28N2O/c1-15(16)13(14)12-10-8-6-4-2-3-5-7-9-11-12/h12-13,16H,2-11,14H2,1H3. The fraction of sp³-hybridized carbons (Fsp3) is 1.00. The first-order chi connectivity index (χ1) is 7.72. The number of rotatable bonds is 2. The molecular weight excluding hydrogens is 200 g/mol. The van der Waals surface area contributed by atoms with E-state index in [0.29, 0.717) is 5.92 Å². The van der Waals surface area contributed by atoms with Gasteiger partial charge in [0, 0.05) is 7.05 Å². The predicted octanol–water partition coefficient (Wildman–Crippen LogP) is 3.12. The molecule has 0 aliphatic heterocycles. The lowest BCUT2D eigenvalue weighted by Crippen LogP contribution is -2.43. The first-order valence-corrected chi connectivity index (χ1v) is 6.89. The van der Waals surface area contributed by atoms with Gasteiger partial charge in [-0.1, -0.05) is 51.4 Å². The normalized spacial score (nSPS) is 24.0. The largest absolute Gasteiger partial charge is 0.314 e. The Labute approximate surface area is 100.0 Å². The van der Waals surface area contributed by atoms with Crippen LogP contribution in [0, 0.1) is 5.92 Å². The molecule has 1 rings (SSSR count). The third-order valence-corrected chi connectivity index (χ3v) is 3.81. The van der Waals surface area contributed by atoms with E-state index in [4.69, 9.17) is 5.73 Å². The fourth-order valence-electron chi connectivity index (χ4n) is 2.66. The van der Waals surface area contributed by atoms with E-state index < -0.39 is 0 Å². The van der Waals surface area contributed by atoms with Crippen LogP contribution in [0.3, 0.4) is 0 Å². The van der Waals surface area contributed by atoms with E-state index in [1.165, 1.54) is 69.3 Å². The summed E-state index contributed by atoms with van der Waals surface area (Å²) in [6, 6.07) is 0. The van der Waals surface area contributed by atoms with Crippen LogP contribution in [0.5, 0.6) is 0 Å². The van der Waals surface area contributed by atoms with Gasteiger partial charge in [-0.05, 0) is 18.8 Å². The molecule has 96 valence electrons. The van der Waals surface area contributed by atoms with Crippen LogP contribution in [0.1, 0.15) is 64.2 Å². The molecule has 16 heavy (non-hydrogen) atoms. The maximum Gasteiger partial charge on any atom is 0.0841 e. The van der Waals surface area contributed by atoms with Crippen LogP contribution in [0.15, 0.2) is 0 Å². The van der Waals surface area contributed by atoms with Crippen molar-refractivity contribution in [2.45, 2.75) is 70.4 Å². The van der Waals surface area contributed by atoms with Crippen LogP contribution >= 0.6 is 0 Å². The van der Waals surface area contributed by atoms with Gasteiger partial charge in [0.25, 0.3) is 0 Å². The topological polar surface area (TPSA) is 49.5 Å². The molecule has 0 aromatic carbocycles. The van der Waals surface area contributed by atoms with Gasteiger partial charge in [-0.2, -0.15) is 5.06 Å². The predicted molar refractivity (Wildman–Crippen MR) is 67.2 cm³/mol. The number of hydrogen-bond donors (Lipinski definition) is 2. The zero-order valence-electron chi connectivity index (χ0n) is 10.7. The molecule has 0 amide bonds. The minimum atomic E-state index is -0.180. The quantitative estimate of drug-likeness (QED) is 0.564. The molecule has 3 N–H and O–H groups in total. The van der Waals surface area contributed by atoms with Crippen molar-refractivity contribution in [3.63, 3.8) is 0 Å². The average Bonchev–Trinajstić information content (AvgIpc) is 2.32. The van der Waals surface area contributed by atoms with E-state index in [0.717, 1.165) is 0 Å². The fourth-order valence-corrected chi connectivity index (χ4v) is 2.66. The highest BCUT2D eigenvalue weighted by Crippen LogP contribution is 2.23. The van der Waals surface area contributed by atoms with Crippen LogP contribution in [0.4, 0.5) is 0 Å². The average molecular weight is 228 g/mol. The third kappa shape index (κ3) is 5.28. The van der Waals surface area contributed by atoms with Crippen molar-refractivity contribution in [1.82, 2.24) is 5.06 Å². The Morgan fingerprint density at radius 1 is 0.938 bits per heavy atom. The zero-order valence-corrected chi connectivity index (χ0v) is 10.7. The highest BCUT2D eigenvalue weighted by atomic mass is 16.5. The van der Waals surface area contributed by atoms with Crippen molar-refractivity contribution >= 4 is 0 Å². The molecule has 1 fully saturated rings. The lowest BCUT2D eigenvalue weighted by atomic mass is 9.93. The Bertz CT molecular complexity index is 161. The molecular formula is C13H28N2O. The van der Waals surface area contributed by atoms with Crippen molar-refractivity contribution in [3.05, 3.63) is 0 Å². The van der Waals surface area contributed by atoms with E-state index >= 15 is 0 Å². The smallest absolute Gasteiger partial charge is 0.0841 e. The van der Waals surface area contributed by atoms with Crippen molar-refractivity contribution < 1.29 is 5.21 Å². The van der Waals surface area contributed by atoms with E-state index in [1.54, 1.807) is 7.05 Å². The lowest BCUT2D eigenvalue weighted by Gasteiger charge is -2.27. The monoisotopic (exact) mass is 228 g/mol. The number of nitrogens with zero attached hydrogens (tertiary/aromatic N) is 1. The molecule has 1 aliphatic rings. The van der Waals surface area contributed by atoms with E-state index in [2.05, 4.69) is 0 Å². The maximum atomic E-state index is 9.43. The van der Waals surface area contributed by atoms with Crippen LogP contribution in [0.2, 0.25) is 0 Å². The summed E-state index contributed by atoms with van der Waals surface area (Å²) >= 11 is 0. The van der Waals surface area contributed by atoms with Gasteiger partial charge in [-0.3, -0.25) is 0 Å². The van der Waals surface area contributed by atoms with Crippen LogP contribution in [0.25, 0.3) is 0 Å². The Morgan fingerprint density at radius 2 is 1.31 bits per heavy atom. The van der Waals surface area contributed by atoms with Gasteiger partial charge in [0.15, 0.2) is 0 Å². The molecule has 0 bridgehead atoms. The number of hydroxylamine groups is 2. The van der Waals surface area contributed by atoms with Crippen molar-refractivity contribution in [1.29, 1.82) is 0 Å². The van der Waals surface area contributed by atoms with E-state index in [1.807, 2.05) is 0 Å². The van der Waals surface area contributed by atoms with Crippen LogP contribution in [-0.2, 0) is 0 Å². The molecule has 1 aliphatic carbocycles. The van der Waals surface area contributed by atoms with E-state index in [-0.39, 0.29) is 6.17 Å². The Hall–Kier alpha value is -0.120. The van der Waals surface area contributed by atoms with Crippen LogP contribution in [-0.4, -0.2) is 23.5 Å². The maximum absolute atomic E-state index is 9.43. The summed E-state index contributed by atoms with van der Waals surface area (Å²) in [4.78, 5) is 0. The molecule has 0 spiro atoms. The highest BCUT2D eigenvalue weighted by molar-refractivity contribution is 4.70. The number of hydrogen-bond acceptors (Lipinski definition) is 3. The minimum absolute atomic E-state index is 0.180. The second-order valence-corrected chi connectivity index (χ2v) is 5.23. The molecule has 0 saturated heterocycles. The highest BCUT2D eigenvalue weighted by Gasteiger charge is 2.20. The summed E-state index contributed by atoms with van der Waals surface area (Å²) in [5.41, 5.74) is 6.02. The molecule has 3 nitrogen and oxygen atoms in total. The molecule has 0 heterocycles. The summed E-state index contributed by atoms with van der Waals surface area (Å²) in [5, 5.41) is 10.6. The van der Waals surface area contributed by atoms with Gasteiger partial charge in [0.05, 0.1) is 6.17 Å². The molecule has 1 atom stereocenters. The van der Waals surface area contributed by atoms with Gasteiger partial charge < -0.3 is 10.9 Å². The lowest BCUT2D eigenvalue weighted by molar-refractivity contribution is -0.119. The van der Waals surface area contributed by atoms with E-state index in [9.17, 15) is 5.21 Å².